The Morgan fingerprint density at radius 1 is 1.44 bits per heavy atom. The lowest BCUT2D eigenvalue weighted by atomic mass is 10.1. The average molecular weight is 239 g/mol. The van der Waals surface area contributed by atoms with Gasteiger partial charge in [-0.2, -0.15) is 0 Å². The van der Waals surface area contributed by atoms with Crippen LogP contribution in [-0.2, 0) is 0 Å². The maximum absolute atomic E-state index is 10.6. The van der Waals surface area contributed by atoms with E-state index < -0.39 is 10.3 Å². The Bertz CT molecular complexity index is 499. The van der Waals surface area contributed by atoms with Gasteiger partial charge in [-0.25, -0.2) is 0 Å². The van der Waals surface area contributed by atoms with Crippen molar-refractivity contribution in [3.63, 3.8) is 0 Å². The molecule has 0 aliphatic heterocycles. The summed E-state index contributed by atoms with van der Waals surface area (Å²) in [5, 5.41) is 13.7. The van der Waals surface area contributed by atoms with Crippen LogP contribution in [0.4, 0.5) is 5.69 Å². The highest BCUT2D eigenvalue weighted by Gasteiger charge is 2.16. The Balaban J connectivity index is 2.34. The molecular weight excluding hydrogens is 232 g/mol. The van der Waals surface area contributed by atoms with Crippen LogP contribution >= 0.6 is 11.6 Å². The van der Waals surface area contributed by atoms with Crippen LogP contribution in [0.25, 0.3) is 0 Å². The zero-order chi connectivity index (χ0) is 11.5. The van der Waals surface area contributed by atoms with Crippen molar-refractivity contribution in [1.29, 1.82) is 0 Å². The summed E-state index contributed by atoms with van der Waals surface area (Å²) in [5.41, 5.74) is 1.15. The van der Waals surface area contributed by atoms with Gasteiger partial charge in [0.2, 0.25) is 0 Å². The van der Waals surface area contributed by atoms with Gasteiger partial charge in [0.25, 0.3) is 5.69 Å². The summed E-state index contributed by atoms with van der Waals surface area (Å²) >= 11 is 6.10. The molecule has 1 atom stereocenters. The lowest BCUT2D eigenvalue weighted by Crippen LogP contribution is -1.95. The fourth-order valence-electron chi connectivity index (χ4n) is 1.32. The van der Waals surface area contributed by atoms with Crippen molar-refractivity contribution in [2.75, 3.05) is 0 Å². The van der Waals surface area contributed by atoms with Gasteiger partial charge in [-0.05, 0) is 5.56 Å². The second kappa shape index (κ2) is 4.32. The zero-order valence-electron chi connectivity index (χ0n) is 8.04. The lowest BCUT2D eigenvalue weighted by Gasteiger charge is -2.05. The highest BCUT2D eigenvalue weighted by atomic mass is 35.5. The van der Waals surface area contributed by atoms with Crippen LogP contribution in [0, 0.1) is 10.1 Å². The quantitative estimate of drug-likeness (QED) is 0.468. The topological polar surface area (TPSA) is 69.2 Å². The van der Waals surface area contributed by atoms with E-state index in [0.29, 0.717) is 11.3 Å². The average Bonchev–Trinajstić information content (AvgIpc) is 2.81. The number of alkyl halides is 1. The molecule has 1 unspecified atom stereocenters. The van der Waals surface area contributed by atoms with Gasteiger partial charge in [0.1, 0.15) is 17.3 Å². The smallest absolute Gasteiger partial charge is 0.269 e. The van der Waals surface area contributed by atoms with Crippen LogP contribution < -0.4 is 0 Å². The van der Waals surface area contributed by atoms with Gasteiger partial charge >= 0.3 is 0 Å². The molecule has 0 spiro atoms. The van der Waals surface area contributed by atoms with Gasteiger partial charge in [-0.1, -0.05) is 17.3 Å². The number of non-ortho nitro benzene ring substituents is 1. The second-order valence-corrected chi connectivity index (χ2v) is 3.58. The molecular formula is C10H7ClN2O3. The first-order chi connectivity index (χ1) is 7.68. The predicted octanol–water partition coefficient (Wildman–Crippen LogP) is 2.91. The molecule has 2 aromatic rings. The van der Waals surface area contributed by atoms with Crippen LogP contribution in [-0.4, -0.2) is 10.1 Å². The molecule has 2 rings (SSSR count). The standard InChI is InChI=1S/C10H7ClN2O3/c11-10(9-4-5-16-12-9)7-2-1-3-8(6-7)13(14)15/h1-6,10H. The molecule has 0 fully saturated rings. The van der Waals surface area contributed by atoms with E-state index in [2.05, 4.69) is 9.68 Å². The predicted molar refractivity (Wildman–Crippen MR) is 57.3 cm³/mol. The van der Waals surface area contributed by atoms with Crippen molar-refractivity contribution in [1.82, 2.24) is 5.16 Å². The molecule has 82 valence electrons. The fraction of sp³-hybridized carbons (Fsp3) is 0.100. The third kappa shape index (κ3) is 2.04. The molecule has 6 heteroatoms. The van der Waals surface area contributed by atoms with Crippen molar-refractivity contribution >= 4 is 17.3 Å². The lowest BCUT2D eigenvalue weighted by molar-refractivity contribution is -0.384. The molecule has 1 heterocycles. The number of hydrogen-bond donors (Lipinski definition) is 0. The molecule has 0 amide bonds. The van der Waals surface area contributed by atoms with Gasteiger partial charge in [0, 0.05) is 18.2 Å². The Morgan fingerprint density at radius 3 is 2.88 bits per heavy atom. The fourth-order valence-corrected chi connectivity index (χ4v) is 1.57. The molecule has 0 saturated carbocycles. The summed E-state index contributed by atoms with van der Waals surface area (Å²) < 4.78 is 4.67. The highest BCUT2D eigenvalue weighted by molar-refractivity contribution is 6.22. The van der Waals surface area contributed by atoms with Gasteiger partial charge < -0.3 is 4.52 Å². The van der Waals surface area contributed by atoms with Crippen molar-refractivity contribution in [2.45, 2.75) is 5.38 Å². The first kappa shape index (κ1) is 10.6. The van der Waals surface area contributed by atoms with Gasteiger partial charge in [0.15, 0.2) is 0 Å². The number of nitro groups is 1. The highest BCUT2D eigenvalue weighted by Crippen LogP contribution is 2.29. The zero-order valence-corrected chi connectivity index (χ0v) is 8.79. The van der Waals surface area contributed by atoms with Crippen LogP contribution in [0.15, 0.2) is 41.1 Å². The van der Waals surface area contributed by atoms with Crippen molar-refractivity contribution < 1.29 is 9.45 Å². The molecule has 0 aliphatic carbocycles. The molecule has 0 saturated heterocycles. The van der Waals surface area contributed by atoms with E-state index in [1.165, 1.54) is 18.4 Å². The number of hydrogen-bond acceptors (Lipinski definition) is 4. The van der Waals surface area contributed by atoms with Gasteiger partial charge in [-0.3, -0.25) is 10.1 Å². The molecule has 1 aromatic heterocycles. The first-order valence-corrected chi connectivity index (χ1v) is 4.91. The number of rotatable bonds is 3. The number of nitrogens with zero attached hydrogens (tertiary/aromatic N) is 2. The summed E-state index contributed by atoms with van der Waals surface area (Å²) in [6, 6.07) is 7.75. The summed E-state index contributed by atoms with van der Waals surface area (Å²) in [6.45, 7) is 0. The molecule has 0 radical (unpaired) electrons. The third-order valence-corrected chi connectivity index (χ3v) is 2.57. The summed E-state index contributed by atoms with van der Waals surface area (Å²) in [6.07, 6.45) is 1.40. The molecule has 0 bridgehead atoms. The number of aromatic nitrogens is 1. The van der Waals surface area contributed by atoms with E-state index in [1.807, 2.05) is 0 Å². The maximum Gasteiger partial charge on any atom is 0.269 e. The molecule has 1 aromatic carbocycles. The Labute approximate surface area is 95.8 Å². The molecule has 0 N–H and O–H groups in total. The minimum absolute atomic E-state index is 0.00615. The van der Waals surface area contributed by atoms with Crippen molar-refractivity contribution in [3.8, 4) is 0 Å². The van der Waals surface area contributed by atoms with E-state index in [4.69, 9.17) is 11.6 Å². The summed E-state index contributed by atoms with van der Waals surface area (Å²) in [4.78, 5) is 10.1. The minimum atomic E-state index is -0.543. The SMILES string of the molecule is O=[N+]([O-])c1cccc(C(Cl)c2ccon2)c1. The molecule has 16 heavy (non-hydrogen) atoms. The summed E-state index contributed by atoms with van der Waals surface area (Å²) in [7, 11) is 0. The Morgan fingerprint density at radius 2 is 2.25 bits per heavy atom. The van der Waals surface area contributed by atoms with Gasteiger partial charge in [0.05, 0.1) is 4.92 Å². The summed E-state index contributed by atoms with van der Waals surface area (Å²) in [5.74, 6) is 0. The largest absolute Gasteiger partial charge is 0.364 e. The monoisotopic (exact) mass is 238 g/mol. The van der Waals surface area contributed by atoms with Gasteiger partial charge in [-0.15, -0.1) is 11.6 Å². The molecule has 0 aliphatic rings. The van der Waals surface area contributed by atoms with Crippen LogP contribution in [0.1, 0.15) is 16.6 Å². The number of halogens is 1. The maximum atomic E-state index is 10.6. The second-order valence-electron chi connectivity index (χ2n) is 3.14. The number of benzene rings is 1. The van der Waals surface area contributed by atoms with E-state index in [0.717, 1.165) is 0 Å². The van der Waals surface area contributed by atoms with Crippen LogP contribution in [0.3, 0.4) is 0 Å². The Kier molecular flexibility index (Phi) is 2.87. The van der Waals surface area contributed by atoms with Crippen LogP contribution in [0.2, 0.25) is 0 Å². The van der Waals surface area contributed by atoms with E-state index in [-0.39, 0.29) is 5.69 Å². The van der Waals surface area contributed by atoms with E-state index in [9.17, 15) is 10.1 Å². The minimum Gasteiger partial charge on any atom is -0.364 e. The normalized spacial score (nSPS) is 12.3. The van der Waals surface area contributed by atoms with Crippen molar-refractivity contribution in [3.05, 3.63) is 58.0 Å². The first-order valence-electron chi connectivity index (χ1n) is 4.47. The molecule has 5 nitrogen and oxygen atoms in total. The number of nitro benzene ring substituents is 1. The third-order valence-electron chi connectivity index (χ3n) is 2.09. The van der Waals surface area contributed by atoms with E-state index >= 15 is 0 Å². The van der Waals surface area contributed by atoms with Crippen molar-refractivity contribution in [2.24, 2.45) is 0 Å². The Hall–Kier alpha value is -1.88. The van der Waals surface area contributed by atoms with Crippen LogP contribution in [0.5, 0.6) is 0 Å². The van der Waals surface area contributed by atoms with E-state index in [1.54, 1.807) is 18.2 Å².